The van der Waals surface area contributed by atoms with E-state index in [9.17, 15) is 9.59 Å². The van der Waals surface area contributed by atoms with E-state index >= 15 is 0 Å². The van der Waals surface area contributed by atoms with Gasteiger partial charge in [0.15, 0.2) is 6.61 Å². The normalized spacial score (nSPS) is 10.4. The van der Waals surface area contributed by atoms with Crippen molar-refractivity contribution in [1.82, 2.24) is 0 Å². The molecular formula is C12H10Cl3O4. The summed E-state index contributed by atoms with van der Waals surface area (Å²) in [6, 6.07) is 2.75. The summed E-state index contributed by atoms with van der Waals surface area (Å²) >= 11 is 17.4. The Morgan fingerprint density at radius 3 is 2.37 bits per heavy atom. The van der Waals surface area contributed by atoms with Crippen LogP contribution in [0.25, 0.3) is 0 Å². The van der Waals surface area contributed by atoms with E-state index in [-0.39, 0.29) is 20.8 Å². The van der Waals surface area contributed by atoms with E-state index in [1.807, 2.05) is 0 Å². The molecule has 1 rings (SSSR count). The molecule has 1 aromatic carbocycles. The van der Waals surface area contributed by atoms with Gasteiger partial charge in [-0.3, -0.25) is 4.79 Å². The van der Waals surface area contributed by atoms with Crippen LogP contribution in [-0.2, 0) is 14.3 Å². The maximum Gasteiger partial charge on any atom is 0.351 e. The average Bonchev–Trinajstić information content (AvgIpc) is 2.32. The summed E-state index contributed by atoms with van der Waals surface area (Å²) in [6.45, 7) is 4.45. The van der Waals surface area contributed by atoms with Crippen LogP contribution in [-0.4, -0.2) is 18.5 Å². The zero-order valence-electron chi connectivity index (χ0n) is 9.91. The van der Waals surface area contributed by atoms with Gasteiger partial charge in [-0.2, -0.15) is 0 Å². The van der Waals surface area contributed by atoms with E-state index in [2.05, 4.69) is 11.7 Å². The van der Waals surface area contributed by atoms with Crippen molar-refractivity contribution in [2.45, 2.75) is 6.92 Å². The highest BCUT2D eigenvalue weighted by atomic mass is 35.5. The molecule has 19 heavy (non-hydrogen) atoms. The lowest BCUT2D eigenvalue weighted by Gasteiger charge is -2.09. The van der Waals surface area contributed by atoms with E-state index in [0.29, 0.717) is 0 Å². The molecule has 1 atom stereocenters. The molecule has 0 N–H and O–H groups in total. The van der Waals surface area contributed by atoms with Crippen LogP contribution >= 0.6 is 34.8 Å². The summed E-state index contributed by atoms with van der Waals surface area (Å²) in [6.07, 6.45) is 0. The molecule has 0 fully saturated rings. The third-order valence-electron chi connectivity index (χ3n) is 1.94. The molecule has 1 aromatic rings. The van der Waals surface area contributed by atoms with E-state index in [4.69, 9.17) is 39.5 Å². The molecule has 0 aromatic heterocycles. The van der Waals surface area contributed by atoms with Crippen LogP contribution in [0.1, 0.15) is 6.92 Å². The first kappa shape index (κ1) is 16.1. The van der Waals surface area contributed by atoms with Gasteiger partial charge in [-0.15, -0.1) is 0 Å². The van der Waals surface area contributed by atoms with Gasteiger partial charge in [-0.05, 0) is 13.0 Å². The molecule has 4 nitrogen and oxygen atoms in total. The Morgan fingerprint density at radius 1 is 1.21 bits per heavy atom. The minimum absolute atomic E-state index is 0.170. The molecule has 0 saturated carbocycles. The molecular weight excluding hydrogens is 314 g/mol. The number of hydrogen-bond acceptors (Lipinski definition) is 4. The van der Waals surface area contributed by atoms with E-state index in [1.165, 1.54) is 19.1 Å². The quantitative estimate of drug-likeness (QED) is 0.483. The molecule has 7 heteroatoms. The largest absolute Gasteiger partial charge is 0.480 e. The minimum Gasteiger partial charge on any atom is -0.480 e. The number of hydrogen-bond donors (Lipinski definition) is 0. The second-order valence-corrected chi connectivity index (χ2v) is 4.90. The zero-order valence-corrected chi connectivity index (χ0v) is 12.2. The number of ether oxygens (including phenoxy) is 2. The maximum atomic E-state index is 11.3. The first-order valence-corrected chi connectivity index (χ1v) is 6.29. The van der Waals surface area contributed by atoms with Gasteiger partial charge in [-0.1, -0.05) is 41.7 Å². The van der Waals surface area contributed by atoms with Crippen LogP contribution < -0.4 is 4.74 Å². The van der Waals surface area contributed by atoms with Crippen molar-refractivity contribution >= 4 is 46.7 Å². The fourth-order valence-corrected chi connectivity index (χ4v) is 1.59. The van der Waals surface area contributed by atoms with Crippen LogP contribution in [0, 0.1) is 12.8 Å². The average molecular weight is 325 g/mol. The van der Waals surface area contributed by atoms with Crippen molar-refractivity contribution in [3.63, 3.8) is 0 Å². The predicted octanol–water partition coefficient (Wildman–Crippen LogP) is 3.57. The molecule has 0 amide bonds. The molecule has 1 unspecified atom stereocenters. The van der Waals surface area contributed by atoms with Crippen molar-refractivity contribution in [3.8, 4) is 5.75 Å². The summed E-state index contributed by atoms with van der Waals surface area (Å²) in [5.41, 5.74) is 0. The standard InChI is InChI=1S/C12H10Cl3O4/c1-6(2)12(17)19-11(16)5-18-10-4-8(14)7(13)3-9(10)15/h3-4,6H,1,5H2,2H3. The second kappa shape index (κ2) is 6.98. The SMILES string of the molecule is [CH2]C(C)C(=O)OC(=O)COc1cc(Cl)c(Cl)cc1Cl. The van der Waals surface area contributed by atoms with Gasteiger partial charge in [0, 0.05) is 6.07 Å². The van der Waals surface area contributed by atoms with Gasteiger partial charge >= 0.3 is 11.9 Å². The summed E-state index contributed by atoms with van der Waals surface area (Å²) < 4.78 is 9.55. The Labute approximate surface area is 125 Å². The minimum atomic E-state index is -0.845. The fourth-order valence-electron chi connectivity index (χ4n) is 0.994. The highest BCUT2D eigenvalue weighted by Gasteiger charge is 2.15. The zero-order chi connectivity index (χ0) is 14.6. The van der Waals surface area contributed by atoms with E-state index < -0.39 is 24.5 Å². The highest BCUT2D eigenvalue weighted by molar-refractivity contribution is 6.43. The van der Waals surface area contributed by atoms with Crippen molar-refractivity contribution in [2.75, 3.05) is 6.61 Å². The van der Waals surface area contributed by atoms with Crippen LogP contribution in [0.4, 0.5) is 0 Å². The van der Waals surface area contributed by atoms with Gasteiger partial charge in [0.2, 0.25) is 0 Å². The summed E-state index contributed by atoms with van der Waals surface area (Å²) in [5.74, 6) is -2.04. The number of halogens is 3. The maximum absolute atomic E-state index is 11.3. The van der Waals surface area contributed by atoms with Gasteiger partial charge in [0.25, 0.3) is 0 Å². The Kier molecular flexibility index (Phi) is 5.91. The molecule has 103 valence electrons. The summed E-state index contributed by atoms with van der Waals surface area (Å²) in [5, 5.41) is 0.693. The van der Waals surface area contributed by atoms with Gasteiger partial charge in [0.1, 0.15) is 5.75 Å². The van der Waals surface area contributed by atoms with Crippen molar-refractivity contribution in [3.05, 3.63) is 34.1 Å². The Balaban J connectivity index is 2.60. The highest BCUT2D eigenvalue weighted by Crippen LogP contribution is 2.33. The summed E-state index contributed by atoms with van der Waals surface area (Å²) in [7, 11) is 0. The Morgan fingerprint density at radius 2 is 1.79 bits per heavy atom. The van der Waals surface area contributed by atoms with Gasteiger partial charge < -0.3 is 9.47 Å². The molecule has 0 aliphatic carbocycles. The predicted molar refractivity (Wildman–Crippen MR) is 72.6 cm³/mol. The molecule has 0 saturated heterocycles. The molecule has 0 spiro atoms. The lowest BCUT2D eigenvalue weighted by Crippen LogP contribution is -2.22. The molecule has 0 aliphatic heterocycles. The molecule has 0 heterocycles. The van der Waals surface area contributed by atoms with Crippen molar-refractivity contribution in [1.29, 1.82) is 0 Å². The van der Waals surface area contributed by atoms with Crippen LogP contribution in [0.5, 0.6) is 5.75 Å². The third kappa shape index (κ3) is 4.90. The van der Waals surface area contributed by atoms with E-state index in [1.54, 1.807) is 0 Å². The second-order valence-electron chi connectivity index (χ2n) is 3.68. The lowest BCUT2D eigenvalue weighted by atomic mass is 10.2. The third-order valence-corrected chi connectivity index (χ3v) is 2.95. The molecule has 0 aliphatic rings. The van der Waals surface area contributed by atoms with Gasteiger partial charge in [0.05, 0.1) is 21.0 Å². The van der Waals surface area contributed by atoms with Crippen LogP contribution in [0.15, 0.2) is 12.1 Å². The van der Waals surface area contributed by atoms with E-state index in [0.717, 1.165) is 0 Å². The first-order chi connectivity index (χ1) is 8.81. The summed E-state index contributed by atoms with van der Waals surface area (Å²) in [4.78, 5) is 22.4. The lowest BCUT2D eigenvalue weighted by molar-refractivity contribution is -0.162. The van der Waals surface area contributed by atoms with Crippen molar-refractivity contribution < 1.29 is 19.1 Å². The number of rotatable bonds is 4. The smallest absolute Gasteiger partial charge is 0.351 e. The van der Waals surface area contributed by atoms with Gasteiger partial charge in [-0.25, -0.2) is 4.79 Å². The van der Waals surface area contributed by atoms with Crippen LogP contribution in [0.3, 0.4) is 0 Å². The monoisotopic (exact) mass is 323 g/mol. The number of esters is 2. The van der Waals surface area contributed by atoms with Crippen molar-refractivity contribution in [2.24, 2.45) is 5.92 Å². The number of carbonyl (C=O) groups excluding carboxylic acids is 2. The fraction of sp³-hybridized carbons (Fsp3) is 0.250. The van der Waals surface area contributed by atoms with Crippen LogP contribution in [0.2, 0.25) is 15.1 Å². The molecule has 0 bridgehead atoms. The first-order valence-electron chi connectivity index (χ1n) is 5.16. The Hall–Kier alpha value is -0.970. The Bertz CT molecular complexity index is 500. The molecule has 1 radical (unpaired) electrons. The number of benzene rings is 1. The topological polar surface area (TPSA) is 52.6 Å². The number of carbonyl (C=O) groups is 2.